The molecular weight excluding hydrogens is 324 g/mol. The number of hydrogen-bond acceptors (Lipinski definition) is 4. The number of carbonyl (C=O) groups excluding carboxylic acids is 1. The highest BCUT2D eigenvalue weighted by molar-refractivity contribution is 7.80. The van der Waals surface area contributed by atoms with Crippen molar-refractivity contribution in [2.75, 3.05) is 19.8 Å². The largest absolute Gasteiger partial charge is 0.494 e. The number of hydrogen-bond donors (Lipinski definition) is 2. The number of carbonyl (C=O) groups is 1. The molecule has 0 radical (unpaired) electrons. The Labute approximate surface area is 149 Å². The van der Waals surface area contributed by atoms with Crippen molar-refractivity contribution in [1.82, 2.24) is 10.6 Å². The van der Waals surface area contributed by atoms with Gasteiger partial charge >= 0.3 is 0 Å². The minimum atomic E-state index is -0.228. The van der Waals surface area contributed by atoms with Gasteiger partial charge in [-0.2, -0.15) is 0 Å². The lowest BCUT2D eigenvalue weighted by atomic mass is 10.1. The first-order chi connectivity index (χ1) is 11.5. The van der Waals surface area contributed by atoms with E-state index in [1.165, 1.54) is 0 Å². The Morgan fingerprint density at radius 3 is 2.75 bits per heavy atom. The highest BCUT2D eigenvalue weighted by atomic mass is 32.1. The summed E-state index contributed by atoms with van der Waals surface area (Å²) >= 11 is 5.15. The summed E-state index contributed by atoms with van der Waals surface area (Å²) in [7, 11) is 0. The van der Waals surface area contributed by atoms with E-state index in [1.54, 1.807) is 24.3 Å². The van der Waals surface area contributed by atoms with Gasteiger partial charge in [-0.25, -0.2) is 0 Å². The highest BCUT2D eigenvalue weighted by Crippen LogP contribution is 2.13. The molecular formula is C18H26N2O3S. The van der Waals surface area contributed by atoms with E-state index in [1.807, 2.05) is 0 Å². The van der Waals surface area contributed by atoms with E-state index in [9.17, 15) is 4.79 Å². The highest BCUT2D eigenvalue weighted by Gasteiger charge is 2.16. The fourth-order valence-electron chi connectivity index (χ4n) is 2.35. The van der Waals surface area contributed by atoms with Crippen LogP contribution >= 0.6 is 12.2 Å². The molecule has 1 saturated heterocycles. The lowest BCUT2D eigenvalue weighted by molar-refractivity contribution is 0.0973. The smallest absolute Gasteiger partial charge is 0.257 e. The SMILES string of the molecule is CC(C)CCOc1ccc(C(=O)NC(=S)NCC2CCCO2)cc1. The van der Waals surface area contributed by atoms with Crippen molar-refractivity contribution in [3.8, 4) is 5.75 Å². The normalized spacial score (nSPS) is 16.9. The van der Waals surface area contributed by atoms with Crippen LogP contribution in [-0.2, 0) is 4.74 Å². The van der Waals surface area contributed by atoms with Gasteiger partial charge in [-0.05, 0) is 61.7 Å². The number of rotatable bonds is 7. The molecule has 1 atom stereocenters. The summed E-state index contributed by atoms with van der Waals surface area (Å²) in [6.07, 6.45) is 3.30. The van der Waals surface area contributed by atoms with E-state index in [2.05, 4.69) is 24.5 Å². The van der Waals surface area contributed by atoms with Crippen LogP contribution in [0.5, 0.6) is 5.75 Å². The fourth-order valence-corrected chi connectivity index (χ4v) is 2.52. The monoisotopic (exact) mass is 350 g/mol. The molecule has 1 aromatic carbocycles. The molecule has 132 valence electrons. The van der Waals surface area contributed by atoms with Crippen molar-refractivity contribution in [2.45, 2.75) is 39.2 Å². The Balaban J connectivity index is 1.73. The molecule has 2 N–H and O–H groups in total. The molecule has 5 nitrogen and oxygen atoms in total. The maximum atomic E-state index is 12.2. The molecule has 2 rings (SSSR count). The van der Waals surface area contributed by atoms with Gasteiger partial charge in [0.1, 0.15) is 5.75 Å². The van der Waals surface area contributed by atoms with Crippen LogP contribution in [0, 0.1) is 5.92 Å². The van der Waals surface area contributed by atoms with Crippen LogP contribution in [0.15, 0.2) is 24.3 Å². The Hall–Kier alpha value is -1.66. The van der Waals surface area contributed by atoms with Crippen LogP contribution in [0.4, 0.5) is 0 Å². The van der Waals surface area contributed by atoms with Gasteiger partial charge < -0.3 is 14.8 Å². The Morgan fingerprint density at radius 1 is 1.38 bits per heavy atom. The third-order valence-electron chi connectivity index (χ3n) is 3.82. The van der Waals surface area contributed by atoms with Gasteiger partial charge in [0.05, 0.1) is 12.7 Å². The van der Waals surface area contributed by atoms with E-state index >= 15 is 0 Å². The summed E-state index contributed by atoms with van der Waals surface area (Å²) in [5.41, 5.74) is 0.549. The zero-order valence-corrected chi connectivity index (χ0v) is 15.2. The quantitative estimate of drug-likeness (QED) is 0.741. The van der Waals surface area contributed by atoms with Crippen molar-refractivity contribution in [2.24, 2.45) is 5.92 Å². The van der Waals surface area contributed by atoms with Crippen LogP contribution in [-0.4, -0.2) is 36.9 Å². The number of amides is 1. The topological polar surface area (TPSA) is 59.6 Å². The lowest BCUT2D eigenvalue weighted by Gasteiger charge is -2.13. The summed E-state index contributed by atoms with van der Waals surface area (Å²) in [5.74, 6) is 1.15. The Kier molecular flexibility index (Phi) is 7.46. The molecule has 0 aromatic heterocycles. The molecule has 1 amide bonds. The third-order valence-corrected chi connectivity index (χ3v) is 4.07. The van der Waals surface area contributed by atoms with Crippen molar-refractivity contribution in [3.63, 3.8) is 0 Å². The first kappa shape index (κ1) is 18.7. The fraction of sp³-hybridized carbons (Fsp3) is 0.556. The average molecular weight is 350 g/mol. The van der Waals surface area contributed by atoms with Gasteiger partial charge in [-0.1, -0.05) is 13.8 Å². The standard InChI is InChI=1S/C18H26N2O3S/c1-13(2)9-11-23-15-7-5-14(6-8-15)17(21)20-18(24)19-12-16-4-3-10-22-16/h5-8,13,16H,3-4,9-12H2,1-2H3,(H2,19,20,21,24). The molecule has 1 heterocycles. The molecule has 1 aromatic rings. The van der Waals surface area contributed by atoms with E-state index in [0.717, 1.165) is 31.6 Å². The van der Waals surface area contributed by atoms with Gasteiger partial charge in [0.25, 0.3) is 5.91 Å². The number of thiocarbonyl (C=S) groups is 1. The maximum absolute atomic E-state index is 12.2. The Bertz CT molecular complexity index is 540. The predicted octanol–water partition coefficient (Wildman–Crippen LogP) is 2.89. The van der Waals surface area contributed by atoms with Crippen LogP contribution in [0.2, 0.25) is 0 Å². The summed E-state index contributed by atoms with van der Waals surface area (Å²) in [6.45, 7) is 6.43. The summed E-state index contributed by atoms with van der Waals surface area (Å²) in [6, 6.07) is 7.08. The number of benzene rings is 1. The van der Waals surface area contributed by atoms with Gasteiger partial charge in [0, 0.05) is 18.7 Å². The first-order valence-electron chi connectivity index (χ1n) is 8.48. The number of nitrogens with one attached hydrogen (secondary N) is 2. The van der Waals surface area contributed by atoms with E-state index in [-0.39, 0.29) is 12.0 Å². The van der Waals surface area contributed by atoms with E-state index in [0.29, 0.717) is 29.7 Å². The zero-order chi connectivity index (χ0) is 17.4. The molecule has 6 heteroatoms. The van der Waals surface area contributed by atoms with Gasteiger partial charge in [-0.3, -0.25) is 10.1 Å². The third kappa shape index (κ3) is 6.45. The van der Waals surface area contributed by atoms with Crippen LogP contribution in [0.3, 0.4) is 0 Å². The first-order valence-corrected chi connectivity index (χ1v) is 8.89. The molecule has 1 fully saturated rings. The number of ether oxygens (including phenoxy) is 2. The van der Waals surface area contributed by atoms with Crippen LogP contribution < -0.4 is 15.4 Å². The molecule has 24 heavy (non-hydrogen) atoms. The Morgan fingerprint density at radius 2 is 2.12 bits per heavy atom. The molecule has 0 bridgehead atoms. The van der Waals surface area contributed by atoms with Crippen molar-refractivity contribution >= 4 is 23.2 Å². The second-order valence-electron chi connectivity index (χ2n) is 6.35. The minimum Gasteiger partial charge on any atom is -0.494 e. The van der Waals surface area contributed by atoms with Gasteiger partial charge in [0.2, 0.25) is 0 Å². The van der Waals surface area contributed by atoms with Crippen LogP contribution in [0.25, 0.3) is 0 Å². The van der Waals surface area contributed by atoms with Crippen LogP contribution in [0.1, 0.15) is 43.5 Å². The van der Waals surface area contributed by atoms with E-state index in [4.69, 9.17) is 21.7 Å². The minimum absolute atomic E-state index is 0.183. The van der Waals surface area contributed by atoms with Crippen molar-refractivity contribution in [1.29, 1.82) is 0 Å². The predicted molar refractivity (Wildman–Crippen MR) is 98.4 cm³/mol. The second kappa shape index (κ2) is 9.59. The summed E-state index contributed by atoms with van der Waals surface area (Å²) in [5, 5.41) is 6.03. The van der Waals surface area contributed by atoms with Crippen molar-refractivity contribution < 1.29 is 14.3 Å². The summed E-state index contributed by atoms with van der Waals surface area (Å²) in [4.78, 5) is 12.2. The zero-order valence-electron chi connectivity index (χ0n) is 14.3. The maximum Gasteiger partial charge on any atom is 0.257 e. The van der Waals surface area contributed by atoms with Crippen molar-refractivity contribution in [3.05, 3.63) is 29.8 Å². The molecule has 1 aliphatic heterocycles. The van der Waals surface area contributed by atoms with Gasteiger partial charge in [0.15, 0.2) is 5.11 Å². The molecule has 1 unspecified atom stereocenters. The van der Waals surface area contributed by atoms with E-state index < -0.39 is 0 Å². The second-order valence-corrected chi connectivity index (χ2v) is 6.76. The molecule has 0 saturated carbocycles. The summed E-state index contributed by atoms with van der Waals surface area (Å²) < 4.78 is 11.1. The molecule has 0 aliphatic carbocycles. The lowest BCUT2D eigenvalue weighted by Crippen LogP contribution is -2.42. The molecule has 1 aliphatic rings. The van der Waals surface area contributed by atoms with Gasteiger partial charge in [-0.15, -0.1) is 0 Å². The average Bonchev–Trinajstić information content (AvgIpc) is 3.06. The molecule has 0 spiro atoms.